The summed E-state index contributed by atoms with van der Waals surface area (Å²) in [5.41, 5.74) is 4.83. The standard InChI is InChI=1S/C10H16F3N3O2/c11-10(12,13)6-16-7(17)5-15-8(18)9(14)3-1-2-4-9/h1-6,14H2,(H,15,18)(H,16,17). The summed E-state index contributed by atoms with van der Waals surface area (Å²) in [4.78, 5) is 22.7. The van der Waals surface area contributed by atoms with Crippen molar-refractivity contribution in [3.8, 4) is 0 Å². The lowest BCUT2D eigenvalue weighted by Gasteiger charge is -2.22. The summed E-state index contributed by atoms with van der Waals surface area (Å²) < 4.78 is 35.4. The zero-order valence-electron chi connectivity index (χ0n) is 9.77. The van der Waals surface area contributed by atoms with E-state index in [0.717, 1.165) is 12.8 Å². The number of amides is 2. The molecule has 1 aliphatic rings. The Morgan fingerprint density at radius 1 is 1.17 bits per heavy atom. The molecule has 104 valence electrons. The van der Waals surface area contributed by atoms with E-state index in [1.54, 1.807) is 5.32 Å². The summed E-state index contributed by atoms with van der Waals surface area (Å²) in [6.45, 7) is -1.90. The van der Waals surface area contributed by atoms with Crippen LogP contribution in [0.5, 0.6) is 0 Å². The summed E-state index contributed by atoms with van der Waals surface area (Å²) in [5.74, 6) is -1.37. The predicted octanol–water partition coefficient (Wildman–Crippen LogP) is 0.0526. The molecule has 0 aromatic carbocycles. The quantitative estimate of drug-likeness (QED) is 0.673. The molecule has 8 heteroatoms. The second kappa shape index (κ2) is 5.55. The summed E-state index contributed by atoms with van der Waals surface area (Å²) >= 11 is 0. The van der Waals surface area contributed by atoms with E-state index in [2.05, 4.69) is 5.32 Å². The zero-order chi connectivity index (χ0) is 13.8. The number of hydrogen-bond donors (Lipinski definition) is 3. The van der Waals surface area contributed by atoms with Crippen LogP contribution in [0.2, 0.25) is 0 Å². The van der Waals surface area contributed by atoms with Crippen molar-refractivity contribution in [2.45, 2.75) is 37.4 Å². The highest BCUT2D eigenvalue weighted by atomic mass is 19.4. The largest absolute Gasteiger partial charge is 0.405 e. The minimum Gasteiger partial charge on any atom is -0.345 e. The van der Waals surface area contributed by atoms with Gasteiger partial charge in [-0.25, -0.2) is 0 Å². The van der Waals surface area contributed by atoms with Gasteiger partial charge in [0.25, 0.3) is 0 Å². The third-order valence-corrected chi connectivity index (χ3v) is 2.84. The molecule has 0 saturated heterocycles. The van der Waals surface area contributed by atoms with Crippen molar-refractivity contribution in [2.75, 3.05) is 13.1 Å². The van der Waals surface area contributed by atoms with Crippen molar-refractivity contribution < 1.29 is 22.8 Å². The molecule has 1 aliphatic carbocycles. The van der Waals surface area contributed by atoms with Crippen LogP contribution in [0.3, 0.4) is 0 Å². The van der Waals surface area contributed by atoms with Crippen LogP contribution >= 0.6 is 0 Å². The van der Waals surface area contributed by atoms with Crippen LogP contribution in [-0.4, -0.2) is 36.6 Å². The predicted molar refractivity (Wildman–Crippen MR) is 57.5 cm³/mol. The molecular weight excluding hydrogens is 251 g/mol. The third kappa shape index (κ3) is 4.52. The fourth-order valence-corrected chi connectivity index (χ4v) is 1.83. The van der Waals surface area contributed by atoms with Crippen molar-refractivity contribution in [1.82, 2.24) is 10.6 Å². The summed E-state index contributed by atoms with van der Waals surface area (Å²) in [6.07, 6.45) is -1.72. The van der Waals surface area contributed by atoms with Crippen LogP contribution in [-0.2, 0) is 9.59 Å². The highest BCUT2D eigenvalue weighted by Gasteiger charge is 2.37. The van der Waals surface area contributed by atoms with Gasteiger partial charge in [0.05, 0.1) is 12.1 Å². The van der Waals surface area contributed by atoms with E-state index < -0.39 is 36.6 Å². The summed E-state index contributed by atoms with van der Waals surface area (Å²) in [5, 5.41) is 3.92. The average Bonchev–Trinajstić information content (AvgIpc) is 2.70. The smallest absolute Gasteiger partial charge is 0.345 e. The minimum atomic E-state index is -4.46. The highest BCUT2D eigenvalue weighted by Crippen LogP contribution is 2.27. The van der Waals surface area contributed by atoms with Crippen molar-refractivity contribution in [2.24, 2.45) is 5.73 Å². The molecule has 0 aromatic rings. The third-order valence-electron chi connectivity index (χ3n) is 2.84. The maximum absolute atomic E-state index is 11.8. The van der Waals surface area contributed by atoms with E-state index in [4.69, 9.17) is 5.73 Å². The zero-order valence-corrected chi connectivity index (χ0v) is 9.77. The first-order valence-corrected chi connectivity index (χ1v) is 5.64. The molecule has 0 bridgehead atoms. The summed E-state index contributed by atoms with van der Waals surface area (Å²) in [7, 11) is 0. The first-order valence-electron chi connectivity index (χ1n) is 5.64. The van der Waals surface area contributed by atoms with E-state index in [-0.39, 0.29) is 0 Å². The topological polar surface area (TPSA) is 84.2 Å². The van der Waals surface area contributed by atoms with E-state index in [9.17, 15) is 22.8 Å². The van der Waals surface area contributed by atoms with Crippen molar-refractivity contribution in [3.05, 3.63) is 0 Å². The fraction of sp³-hybridized carbons (Fsp3) is 0.800. The number of carbonyl (C=O) groups excluding carboxylic acids is 2. The van der Waals surface area contributed by atoms with Gasteiger partial charge in [-0.1, -0.05) is 12.8 Å². The van der Waals surface area contributed by atoms with Crippen molar-refractivity contribution in [1.29, 1.82) is 0 Å². The second-order valence-corrected chi connectivity index (χ2v) is 4.44. The van der Waals surface area contributed by atoms with Crippen molar-refractivity contribution >= 4 is 11.8 Å². The van der Waals surface area contributed by atoms with Gasteiger partial charge in [0.1, 0.15) is 6.54 Å². The van der Waals surface area contributed by atoms with Gasteiger partial charge in [0, 0.05) is 0 Å². The Balaban J connectivity index is 2.28. The lowest BCUT2D eigenvalue weighted by atomic mass is 9.98. The van der Waals surface area contributed by atoms with Gasteiger partial charge < -0.3 is 16.4 Å². The van der Waals surface area contributed by atoms with E-state index >= 15 is 0 Å². The molecule has 5 nitrogen and oxygen atoms in total. The minimum absolute atomic E-state index is 0.484. The molecule has 2 amide bonds. The van der Waals surface area contributed by atoms with E-state index in [1.807, 2.05) is 0 Å². The monoisotopic (exact) mass is 267 g/mol. The molecule has 0 atom stereocenters. The lowest BCUT2D eigenvalue weighted by Crippen LogP contribution is -2.54. The normalized spacial score (nSPS) is 18.4. The molecule has 0 aromatic heterocycles. The maximum Gasteiger partial charge on any atom is 0.405 e. The molecule has 0 aliphatic heterocycles. The van der Waals surface area contributed by atoms with Gasteiger partial charge in [-0.05, 0) is 12.8 Å². The van der Waals surface area contributed by atoms with Gasteiger partial charge in [0.15, 0.2) is 0 Å². The molecule has 0 heterocycles. The number of halogens is 3. The van der Waals surface area contributed by atoms with Gasteiger partial charge in [-0.2, -0.15) is 13.2 Å². The average molecular weight is 267 g/mol. The van der Waals surface area contributed by atoms with Gasteiger partial charge >= 0.3 is 6.18 Å². The molecule has 0 unspecified atom stereocenters. The summed E-state index contributed by atoms with van der Waals surface area (Å²) in [6, 6.07) is 0. The number of nitrogens with one attached hydrogen (secondary N) is 2. The van der Waals surface area contributed by atoms with Crippen LogP contribution in [0.15, 0.2) is 0 Å². The lowest BCUT2D eigenvalue weighted by molar-refractivity contribution is -0.138. The molecule has 1 saturated carbocycles. The Morgan fingerprint density at radius 3 is 2.22 bits per heavy atom. The van der Waals surface area contributed by atoms with Crippen LogP contribution < -0.4 is 16.4 Å². The Morgan fingerprint density at radius 2 is 1.72 bits per heavy atom. The maximum atomic E-state index is 11.8. The van der Waals surface area contributed by atoms with Crippen LogP contribution in [0.4, 0.5) is 13.2 Å². The van der Waals surface area contributed by atoms with E-state index in [1.165, 1.54) is 0 Å². The van der Waals surface area contributed by atoms with Gasteiger partial charge in [-0.3, -0.25) is 9.59 Å². The van der Waals surface area contributed by atoms with Gasteiger partial charge in [-0.15, -0.1) is 0 Å². The van der Waals surface area contributed by atoms with Crippen LogP contribution in [0, 0.1) is 0 Å². The van der Waals surface area contributed by atoms with E-state index in [0.29, 0.717) is 12.8 Å². The second-order valence-electron chi connectivity index (χ2n) is 4.44. The number of nitrogens with two attached hydrogens (primary N) is 1. The van der Waals surface area contributed by atoms with Crippen molar-refractivity contribution in [3.63, 3.8) is 0 Å². The molecular formula is C10H16F3N3O2. The fourth-order valence-electron chi connectivity index (χ4n) is 1.83. The molecule has 4 N–H and O–H groups in total. The first-order chi connectivity index (χ1) is 8.23. The highest BCUT2D eigenvalue weighted by molar-refractivity contribution is 5.90. The molecule has 1 rings (SSSR count). The Kier molecular flexibility index (Phi) is 4.55. The number of rotatable bonds is 4. The Labute approximate surface area is 102 Å². The SMILES string of the molecule is NC1(C(=O)NCC(=O)NCC(F)(F)F)CCCC1. The number of hydrogen-bond acceptors (Lipinski definition) is 3. The number of carbonyl (C=O) groups is 2. The van der Waals surface area contributed by atoms with Crippen LogP contribution in [0.1, 0.15) is 25.7 Å². The Hall–Kier alpha value is -1.31. The molecule has 0 spiro atoms. The van der Waals surface area contributed by atoms with Gasteiger partial charge in [0.2, 0.25) is 11.8 Å². The van der Waals surface area contributed by atoms with Crippen LogP contribution in [0.25, 0.3) is 0 Å². The Bertz CT molecular complexity index is 325. The first kappa shape index (κ1) is 14.7. The molecule has 1 fully saturated rings. The molecule has 0 radical (unpaired) electrons. The number of alkyl halides is 3. The molecule has 18 heavy (non-hydrogen) atoms.